The number of morpholine rings is 1. The molecule has 2 aliphatic rings. The van der Waals surface area contributed by atoms with Gasteiger partial charge in [-0.15, -0.1) is 0 Å². The Morgan fingerprint density at radius 3 is 2.62 bits per heavy atom. The van der Waals surface area contributed by atoms with Crippen LogP contribution in [0.15, 0.2) is 54.3 Å². The number of nitrogens with zero attached hydrogens (tertiary/aromatic N) is 2. The molecule has 2 aliphatic heterocycles. The fraction of sp³-hybridized carbons (Fsp3) is 0.333. The minimum absolute atomic E-state index is 0.0791. The second-order valence-electron chi connectivity index (χ2n) is 7.68. The molecule has 2 heterocycles. The lowest BCUT2D eigenvalue weighted by Crippen LogP contribution is -2.44. The lowest BCUT2D eigenvalue weighted by Gasteiger charge is -2.30. The Morgan fingerprint density at radius 1 is 1.09 bits per heavy atom. The highest BCUT2D eigenvalue weighted by atomic mass is 19.1. The fourth-order valence-electron chi connectivity index (χ4n) is 3.68. The number of nitrogens with one attached hydrogen (secondary N) is 1. The van der Waals surface area contributed by atoms with Crippen molar-refractivity contribution in [1.29, 1.82) is 0 Å². The molecule has 0 radical (unpaired) electrons. The van der Waals surface area contributed by atoms with Crippen LogP contribution in [-0.4, -0.2) is 62.7 Å². The van der Waals surface area contributed by atoms with Crippen LogP contribution in [0.3, 0.4) is 0 Å². The van der Waals surface area contributed by atoms with E-state index >= 15 is 0 Å². The summed E-state index contributed by atoms with van der Waals surface area (Å²) in [5, 5.41) is 2.90. The van der Waals surface area contributed by atoms with Crippen LogP contribution >= 0.6 is 0 Å². The molecular formula is C24H26FN3O4. The Balaban J connectivity index is 1.40. The Morgan fingerprint density at radius 2 is 1.84 bits per heavy atom. The van der Waals surface area contributed by atoms with E-state index in [1.807, 2.05) is 0 Å². The van der Waals surface area contributed by atoms with E-state index in [-0.39, 0.29) is 24.0 Å². The van der Waals surface area contributed by atoms with Crippen molar-refractivity contribution in [1.82, 2.24) is 10.2 Å². The number of carbonyl (C=O) groups is 2. The van der Waals surface area contributed by atoms with Gasteiger partial charge < -0.3 is 14.8 Å². The summed E-state index contributed by atoms with van der Waals surface area (Å²) in [6, 6.07) is 12.8. The quantitative estimate of drug-likeness (QED) is 0.530. The number of benzene rings is 2. The first-order valence-electron chi connectivity index (χ1n) is 10.7. The van der Waals surface area contributed by atoms with Crippen molar-refractivity contribution in [2.75, 3.05) is 50.8 Å². The van der Waals surface area contributed by atoms with Gasteiger partial charge in [0.1, 0.15) is 12.4 Å². The molecule has 2 aromatic carbocycles. The Bertz CT molecular complexity index is 987. The largest absolute Gasteiger partial charge is 0.449 e. The summed E-state index contributed by atoms with van der Waals surface area (Å²) in [7, 11) is 0. The second kappa shape index (κ2) is 10.4. The number of amides is 2. The number of halogens is 1. The van der Waals surface area contributed by atoms with E-state index in [9.17, 15) is 14.0 Å². The maximum atomic E-state index is 13.2. The van der Waals surface area contributed by atoms with Gasteiger partial charge in [0.25, 0.3) is 5.91 Å². The van der Waals surface area contributed by atoms with Crippen molar-refractivity contribution < 1.29 is 23.5 Å². The standard InChI is InChI=1S/C24H26FN3O4/c25-19-8-6-18(7-9-19)16-22-24(30)28(20-4-1-2-5-21(20)32-22)17-23(29)26-10-3-11-27-12-14-31-15-13-27/h1-2,4-9,16H,3,10-15,17H2,(H,26,29)/b22-16+. The molecule has 0 saturated carbocycles. The number of anilines is 1. The van der Waals surface area contributed by atoms with Gasteiger partial charge in [-0.25, -0.2) is 4.39 Å². The van der Waals surface area contributed by atoms with E-state index < -0.39 is 5.91 Å². The molecule has 4 rings (SSSR count). The third-order valence-electron chi connectivity index (χ3n) is 5.38. The van der Waals surface area contributed by atoms with Crippen molar-refractivity contribution >= 4 is 23.6 Å². The van der Waals surface area contributed by atoms with Gasteiger partial charge in [0.15, 0.2) is 11.5 Å². The van der Waals surface area contributed by atoms with Gasteiger partial charge in [-0.05, 0) is 48.9 Å². The molecular weight excluding hydrogens is 413 g/mol. The normalized spacial score (nSPS) is 17.7. The van der Waals surface area contributed by atoms with Crippen molar-refractivity contribution in [3.63, 3.8) is 0 Å². The van der Waals surface area contributed by atoms with Crippen LogP contribution < -0.4 is 15.0 Å². The molecule has 2 aromatic rings. The highest BCUT2D eigenvalue weighted by Crippen LogP contribution is 2.35. The third kappa shape index (κ3) is 5.52. The van der Waals surface area contributed by atoms with Crippen molar-refractivity contribution in [2.45, 2.75) is 6.42 Å². The molecule has 0 aliphatic carbocycles. The number of carbonyl (C=O) groups excluding carboxylic acids is 2. The molecule has 32 heavy (non-hydrogen) atoms. The van der Waals surface area contributed by atoms with Gasteiger partial charge >= 0.3 is 0 Å². The zero-order valence-electron chi connectivity index (χ0n) is 17.8. The molecule has 0 spiro atoms. The molecule has 1 N–H and O–H groups in total. The van der Waals surface area contributed by atoms with E-state index in [2.05, 4.69) is 10.2 Å². The molecule has 0 aromatic heterocycles. The van der Waals surface area contributed by atoms with Crippen molar-refractivity contribution in [3.05, 3.63) is 65.7 Å². The average molecular weight is 439 g/mol. The minimum Gasteiger partial charge on any atom is -0.449 e. The predicted molar refractivity (Wildman–Crippen MR) is 119 cm³/mol. The fourth-order valence-corrected chi connectivity index (χ4v) is 3.68. The first-order chi connectivity index (χ1) is 15.6. The maximum Gasteiger partial charge on any atom is 0.294 e. The van der Waals surface area contributed by atoms with Crippen molar-refractivity contribution in [2.24, 2.45) is 0 Å². The number of hydrogen-bond donors (Lipinski definition) is 1. The second-order valence-corrected chi connectivity index (χ2v) is 7.68. The molecule has 0 bridgehead atoms. The summed E-state index contributed by atoms with van der Waals surface area (Å²) < 4.78 is 24.3. The number of hydrogen-bond acceptors (Lipinski definition) is 5. The van der Waals surface area contributed by atoms with Crippen LogP contribution in [0, 0.1) is 5.82 Å². The lowest BCUT2D eigenvalue weighted by molar-refractivity contribution is -0.123. The zero-order chi connectivity index (χ0) is 22.3. The van der Waals surface area contributed by atoms with Crippen LogP contribution in [0.4, 0.5) is 10.1 Å². The zero-order valence-corrected chi connectivity index (χ0v) is 17.8. The van der Waals surface area contributed by atoms with Crippen molar-refractivity contribution in [3.8, 4) is 5.75 Å². The molecule has 0 unspecified atom stereocenters. The number of para-hydroxylation sites is 2. The predicted octanol–water partition coefficient (Wildman–Crippen LogP) is 2.43. The minimum atomic E-state index is -0.420. The van der Waals surface area contributed by atoms with E-state index in [0.29, 0.717) is 23.5 Å². The molecule has 7 nitrogen and oxygen atoms in total. The smallest absolute Gasteiger partial charge is 0.294 e. The highest BCUT2D eigenvalue weighted by molar-refractivity contribution is 6.12. The first-order valence-corrected chi connectivity index (χ1v) is 10.7. The van der Waals surface area contributed by atoms with E-state index in [0.717, 1.165) is 39.3 Å². The number of fused-ring (bicyclic) bond motifs is 1. The van der Waals surface area contributed by atoms with Gasteiger partial charge in [-0.3, -0.25) is 19.4 Å². The summed E-state index contributed by atoms with van der Waals surface area (Å²) in [5.74, 6) is -0.453. The van der Waals surface area contributed by atoms with Gasteiger partial charge in [-0.2, -0.15) is 0 Å². The number of rotatable bonds is 7. The monoisotopic (exact) mass is 439 g/mol. The molecule has 2 amide bonds. The molecule has 1 saturated heterocycles. The van der Waals surface area contributed by atoms with E-state index in [4.69, 9.17) is 9.47 Å². The number of ether oxygens (including phenoxy) is 2. The molecule has 1 fully saturated rings. The Kier molecular flexibility index (Phi) is 7.14. The third-order valence-corrected chi connectivity index (χ3v) is 5.38. The first kappa shape index (κ1) is 22.0. The summed E-state index contributed by atoms with van der Waals surface area (Å²) in [4.78, 5) is 29.4. The molecule has 8 heteroatoms. The summed E-state index contributed by atoms with van der Waals surface area (Å²) >= 11 is 0. The Hall–Kier alpha value is -3.23. The SMILES string of the molecule is O=C(CN1C(=O)/C(=C\c2ccc(F)cc2)Oc2ccccc21)NCCCN1CCOCC1. The Labute approximate surface area is 186 Å². The van der Waals surface area contributed by atoms with Crippen LogP contribution in [0.5, 0.6) is 5.75 Å². The van der Waals surface area contributed by atoms with Crippen LogP contribution in [-0.2, 0) is 14.3 Å². The highest BCUT2D eigenvalue weighted by Gasteiger charge is 2.31. The lowest BCUT2D eigenvalue weighted by atomic mass is 10.1. The van der Waals surface area contributed by atoms with Crippen LogP contribution in [0.2, 0.25) is 0 Å². The summed E-state index contributed by atoms with van der Waals surface area (Å²) in [6.45, 7) is 4.64. The van der Waals surface area contributed by atoms with E-state index in [1.165, 1.54) is 17.0 Å². The van der Waals surface area contributed by atoms with Gasteiger partial charge in [0, 0.05) is 19.6 Å². The molecule has 0 atom stereocenters. The maximum absolute atomic E-state index is 13.2. The van der Waals surface area contributed by atoms with Gasteiger partial charge in [-0.1, -0.05) is 24.3 Å². The van der Waals surface area contributed by atoms with Gasteiger partial charge in [0.05, 0.1) is 18.9 Å². The van der Waals surface area contributed by atoms with Crippen LogP contribution in [0.25, 0.3) is 6.08 Å². The molecule has 168 valence electrons. The summed E-state index contributed by atoms with van der Waals surface area (Å²) in [5.41, 5.74) is 1.17. The van der Waals surface area contributed by atoms with Crippen LogP contribution in [0.1, 0.15) is 12.0 Å². The average Bonchev–Trinajstić information content (AvgIpc) is 2.81. The topological polar surface area (TPSA) is 71.1 Å². The summed E-state index contributed by atoms with van der Waals surface area (Å²) in [6.07, 6.45) is 2.38. The van der Waals surface area contributed by atoms with E-state index in [1.54, 1.807) is 42.5 Å². The van der Waals surface area contributed by atoms with Gasteiger partial charge in [0.2, 0.25) is 5.91 Å².